The van der Waals surface area contributed by atoms with Crippen molar-refractivity contribution in [1.29, 1.82) is 0 Å². The summed E-state index contributed by atoms with van der Waals surface area (Å²) in [5, 5.41) is 0. The van der Waals surface area contributed by atoms with Gasteiger partial charge in [-0.3, -0.25) is 23.9 Å². The highest BCUT2D eigenvalue weighted by molar-refractivity contribution is 6.18. The van der Waals surface area contributed by atoms with Crippen LogP contribution in [0.1, 0.15) is 45.1 Å². The van der Waals surface area contributed by atoms with E-state index < -0.39 is 47.7 Å². The number of hydrogen-bond donors (Lipinski definition) is 1. The van der Waals surface area contributed by atoms with Crippen molar-refractivity contribution in [2.75, 3.05) is 19.1 Å². The lowest BCUT2D eigenvalue weighted by Gasteiger charge is -2.19. The Morgan fingerprint density at radius 3 is 2.64 bits per heavy atom. The number of hydrogen-bond acceptors (Lipinski definition) is 8. The largest absolute Gasteiger partial charge is 0.463 e. The van der Waals surface area contributed by atoms with Gasteiger partial charge in [-0.2, -0.15) is 0 Å². The first-order valence-electron chi connectivity index (χ1n) is 8.75. The Kier molecular flexibility index (Phi) is 7.78. The number of aromatic amines is 1. The molecule has 0 aliphatic carbocycles. The minimum atomic E-state index is -0.842. The third-order valence-corrected chi connectivity index (χ3v) is 4.39. The average molecular weight is 419 g/mol. The van der Waals surface area contributed by atoms with Crippen molar-refractivity contribution in [3.63, 3.8) is 0 Å². The van der Waals surface area contributed by atoms with Crippen LogP contribution in [-0.2, 0) is 28.5 Å². The van der Waals surface area contributed by atoms with Gasteiger partial charge in [0.05, 0.1) is 11.4 Å². The Morgan fingerprint density at radius 1 is 1.36 bits per heavy atom. The number of carbonyl (C=O) groups excluding carboxylic acids is 2. The molecule has 1 fully saturated rings. The number of alkyl halides is 1. The highest BCUT2D eigenvalue weighted by atomic mass is 35.5. The van der Waals surface area contributed by atoms with Crippen LogP contribution in [0.3, 0.4) is 0 Å². The van der Waals surface area contributed by atoms with Crippen LogP contribution in [0.15, 0.2) is 15.8 Å². The predicted octanol–water partition coefficient (Wildman–Crippen LogP) is 0.635. The Balaban J connectivity index is 2.32. The third kappa shape index (κ3) is 5.43. The van der Waals surface area contributed by atoms with Crippen molar-refractivity contribution < 1.29 is 28.5 Å². The first-order chi connectivity index (χ1) is 13.3. The molecule has 1 N–H and O–H groups in total. The highest BCUT2D eigenvalue weighted by Crippen LogP contribution is 2.30. The van der Waals surface area contributed by atoms with E-state index >= 15 is 0 Å². The van der Waals surface area contributed by atoms with E-state index in [1.807, 2.05) is 0 Å². The fraction of sp³-hybridized carbons (Fsp3) is 0.647. The zero-order chi connectivity index (χ0) is 20.8. The predicted molar refractivity (Wildman–Crippen MR) is 97.1 cm³/mol. The Morgan fingerprint density at radius 2 is 2.07 bits per heavy atom. The Bertz CT molecular complexity index is 820. The lowest BCUT2D eigenvalue weighted by molar-refractivity contribution is -0.155. The maximum Gasteiger partial charge on any atom is 0.330 e. The lowest BCUT2D eigenvalue weighted by Crippen LogP contribution is -2.35. The number of carbonyl (C=O) groups is 2. The van der Waals surface area contributed by atoms with E-state index in [0.717, 1.165) is 0 Å². The van der Waals surface area contributed by atoms with Crippen LogP contribution in [-0.4, -0.2) is 52.8 Å². The highest BCUT2D eigenvalue weighted by Gasteiger charge is 2.40. The quantitative estimate of drug-likeness (QED) is 0.481. The SMILES string of the molecule is CCOC(CCl)c1cn([C@H]2C[C@H](OC(C)=O)[C@@H](COC(C)=O)O2)c(=O)[nH]c1=O. The monoisotopic (exact) mass is 418 g/mol. The van der Waals surface area contributed by atoms with Crippen LogP contribution in [0.5, 0.6) is 0 Å². The standard InChI is InChI=1S/C17H23ClN2O8/c1-4-25-13(6-18)11-7-20(17(24)19-16(11)23)15-5-12(27-10(3)22)14(28-15)8-26-9(2)21/h7,12-15H,4-6,8H2,1-3H3,(H,19,23,24)/t12-,13?,14+,15+/m0/s1. The molecule has 1 aliphatic heterocycles. The van der Waals surface area contributed by atoms with Crippen molar-refractivity contribution in [3.05, 3.63) is 32.6 Å². The number of nitrogens with zero attached hydrogens (tertiary/aromatic N) is 1. The van der Waals surface area contributed by atoms with Crippen LogP contribution in [0.2, 0.25) is 0 Å². The second-order valence-corrected chi connectivity index (χ2v) is 6.47. The molecule has 0 radical (unpaired) electrons. The van der Waals surface area contributed by atoms with Gasteiger partial charge in [-0.1, -0.05) is 0 Å². The van der Waals surface area contributed by atoms with Crippen LogP contribution >= 0.6 is 11.6 Å². The van der Waals surface area contributed by atoms with Gasteiger partial charge in [-0.15, -0.1) is 11.6 Å². The second kappa shape index (κ2) is 9.85. The molecule has 1 aliphatic rings. The van der Waals surface area contributed by atoms with Crippen LogP contribution in [0.4, 0.5) is 0 Å². The van der Waals surface area contributed by atoms with Gasteiger partial charge in [0.1, 0.15) is 31.1 Å². The van der Waals surface area contributed by atoms with Gasteiger partial charge in [0.25, 0.3) is 5.56 Å². The van der Waals surface area contributed by atoms with Crippen molar-refractivity contribution >= 4 is 23.5 Å². The third-order valence-electron chi connectivity index (χ3n) is 4.11. The van der Waals surface area contributed by atoms with Crippen molar-refractivity contribution in [1.82, 2.24) is 9.55 Å². The average Bonchev–Trinajstić information content (AvgIpc) is 3.00. The van der Waals surface area contributed by atoms with E-state index in [1.165, 1.54) is 24.6 Å². The van der Waals surface area contributed by atoms with Crippen LogP contribution in [0.25, 0.3) is 0 Å². The van der Waals surface area contributed by atoms with Crippen LogP contribution in [0, 0.1) is 0 Å². The van der Waals surface area contributed by atoms with E-state index in [0.29, 0.717) is 6.61 Å². The van der Waals surface area contributed by atoms with E-state index in [9.17, 15) is 19.2 Å². The molecule has 156 valence electrons. The molecule has 0 aromatic carbocycles. The van der Waals surface area contributed by atoms with E-state index in [4.69, 9.17) is 30.5 Å². The molecule has 0 amide bonds. The molecule has 28 heavy (non-hydrogen) atoms. The van der Waals surface area contributed by atoms with Crippen molar-refractivity contribution in [2.24, 2.45) is 0 Å². The molecule has 1 aromatic heterocycles. The maximum atomic E-state index is 12.3. The fourth-order valence-corrected chi connectivity index (χ4v) is 3.18. The van der Waals surface area contributed by atoms with Gasteiger partial charge in [0, 0.05) is 33.1 Å². The Labute approximate surface area is 165 Å². The molecule has 1 unspecified atom stereocenters. The first kappa shape index (κ1) is 22.1. The molecule has 2 heterocycles. The van der Waals surface area contributed by atoms with Gasteiger partial charge in [0.2, 0.25) is 0 Å². The number of ether oxygens (including phenoxy) is 4. The molecule has 2 rings (SSSR count). The molecule has 4 atom stereocenters. The number of halogens is 1. The van der Waals surface area contributed by atoms with E-state index in [-0.39, 0.29) is 24.5 Å². The zero-order valence-electron chi connectivity index (χ0n) is 15.8. The molecule has 10 nitrogen and oxygen atoms in total. The van der Waals surface area contributed by atoms with Gasteiger partial charge in [-0.25, -0.2) is 4.79 Å². The molecule has 0 bridgehead atoms. The molecular weight excluding hydrogens is 396 g/mol. The number of esters is 2. The van der Waals surface area contributed by atoms with Crippen molar-refractivity contribution in [3.8, 4) is 0 Å². The summed E-state index contributed by atoms with van der Waals surface area (Å²) in [4.78, 5) is 49.1. The summed E-state index contributed by atoms with van der Waals surface area (Å²) in [6.07, 6.45) is -1.56. The fourth-order valence-electron chi connectivity index (χ4n) is 2.92. The molecule has 0 saturated carbocycles. The van der Waals surface area contributed by atoms with Crippen molar-refractivity contribution in [2.45, 2.75) is 51.7 Å². The molecule has 1 saturated heterocycles. The molecule has 1 aromatic rings. The van der Waals surface area contributed by atoms with Gasteiger partial charge in [0.15, 0.2) is 0 Å². The lowest BCUT2D eigenvalue weighted by atomic mass is 10.1. The minimum absolute atomic E-state index is 0.0196. The van der Waals surface area contributed by atoms with E-state index in [2.05, 4.69) is 4.98 Å². The summed E-state index contributed by atoms with van der Waals surface area (Å²) in [6.45, 7) is 4.43. The molecular formula is C17H23ClN2O8. The number of aromatic nitrogens is 2. The smallest absolute Gasteiger partial charge is 0.330 e. The summed E-state index contributed by atoms with van der Waals surface area (Å²) in [7, 11) is 0. The normalized spacial score (nSPS) is 22.6. The Hall–Kier alpha value is -2.17. The number of H-pyrrole nitrogens is 1. The number of nitrogens with one attached hydrogen (secondary N) is 1. The van der Waals surface area contributed by atoms with Gasteiger partial charge >= 0.3 is 17.6 Å². The summed E-state index contributed by atoms with van der Waals surface area (Å²) >= 11 is 5.88. The minimum Gasteiger partial charge on any atom is -0.463 e. The zero-order valence-corrected chi connectivity index (χ0v) is 16.6. The maximum absolute atomic E-state index is 12.3. The summed E-state index contributed by atoms with van der Waals surface area (Å²) in [5.74, 6) is -1.03. The van der Waals surface area contributed by atoms with E-state index in [1.54, 1.807) is 6.92 Å². The topological polar surface area (TPSA) is 126 Å². The summed E-state index contributed by atoms with van der Waals surface area (Å²) in [5.41, 5.74) is -1.13. The number of rotatable bonds is 8. The summed E-state index contributed by atoms with van der Waals surface area (Å²) < 4.78 is 22.6. The first-order valence-corrected chi connectivity index (χ1v) is 9.29. The molecule has 0 spiro atoms. The molecule has 11 heteroatoms. The second-order valence-electron chi connectivity index (χ2n) is 6.16. The van der Waals surface area contributed by atoms with Crippen LogP contribution < -0.4 is 11.2 Å². The van der Waals surface area contributed by atoms with Gasteiger partial charge in [-0.05, 0) is 6.92 Å². The van der Waals surface area contributed by atoms with Gasteiger partial charge < -0.3 is 18.9 Å². The summed E-state index contributed by atoms with van der Waals surface area (Å²) in [6, 6.07) is 0.